The van der Waals surface area contributed by atoms with E-state index in [2.05, 4.69) is 36.3 Å². The van der Waals surface area contributed by atoms with Gasteiger partial charge in [-0.3, -0.25) is 0 Å². The molecule has 2 heterocycles. The van der Waals surface area contributed by atoms with Gasteiger partial charge in [-0.1, -0.05) is 6.07 Å². The summed E-state index contributed by atoms with van der Waals surface area (Å²) in [6.07, 6.45) is 3.51. The smallest absolute Gasteiger partial charge is 0.195 e. The predicted octanol–water partition coefficient (Wildman–Crippen LogP) is 2.99. The maximum atomic E-state index is 5.92. The van der Waals surface area contributed by atoms with Gasteiger partial charge in [0.2, 0.25) is 0 Å². The summed E-state index contributed by atoms with van der Waals surface area (Å²) in [5.41, 5.74) is 4.40. The molecular weight excluding hydrogens is 224 g/mol. The van der Waals surface area contributed by atoms with Gasteiger partial charge >= 0.3 is 0 Å². The van der Waals surface area contributed by atoms with Crippen molar-refractivity contribution in [1.29, 1.82) is 0 Å². The van der Waals surface area contributed by atoms with Crippen LogP contribution in [0.4, 0.5) is 0 Å². The maximum Gasteiger partial charge on any atom is 0.195 e. The van der Waals surface area contributed by atoms with E-state index in [1.807, 2.05) is 0 Å². The summed E-state index contributed by atoms with van der Waals surface area (Å²) >= 11 is 0. The summed E-state index contributed by atoms with van der Waals surface area (Å²) in [6, 6.07) is 4.26. The standard InChI is InChI=1S/C15H20N2O/c1-10-6-11(2)15-13(7-10)17-14(18-15)8-12-4-3-5-16-9-12/h6-7,12,16H,3-5,8-9H2,1-2H3. The second kappa shape index (κ2) is 4.73. The van der Waals surface area contributed by atoms with Crippen LogP contribution < -0.4 is 5.32 Å². The molecule has 0 aliphatic carbocycles. The lowest BCUT2D eigenvalue weighted by atomic mass is 9.96. The summed E-state index contributed by atoms with van der Waals surface area (Å²) in [7, 11) is 0. The van der Waals surface area contributed by atoms with Crippen LogP contribution in [0.3, 0.4) is 0 Å². The molecule has 1 aromatic heterocycles. The lowest BCUT2D eigenvalue weighted by Crippen LogP contribution is -2.30. The molecule has 3 heteroatoms. The molecule has 3 rings (SSSR count). The fourth-order valence-corrected chi connectivity index (χ4v) is 2.86. The Kier molecular flexibility index (Phi) is 3.08. The molecule has 0 amide bonds. The average Bonchev–Trinajstić information content (AvgIpc) is 2.73. The Hall–Kier alpha value is -1.35. The zero-order chi connectivity index (χ0) is 12.5. The maximum absolute atomic E-state index is 5.92. The minimum Gasteiger partial charge on any atom is -0.440 e. The van der Waals surface area contributed by atoms with Crippen molar-refractivity contribution in [2.24, 2.45) is 5.92 Å². The van der Waals surface area contributed by atoms with Gasteiger partial charge in [-0.2, -0.15) is 0 Å². The van der Waals surface area contributed by atoms with E-state index in [0.717, 1.165) is 36.5 Å². The summed E-state index contributed by atoms with van der Waals surface area (Å²) in [6.45, 7) is 6.44. The topological polar surface area (TPSA) is 38.1 Å². The molecule has 0 bridgehead atoms. The van der Waals surface area contributed by atoms with Crippen molar-refractivity contribution < 1.29 is 4.42 Å². The minimum atomic E-state index is 0.674. The van der Waals surface area contributed by atoms with Crippen molar-refractivity contribution in [3.8, 4) is 0 Å². The van der Waals surface area contributed by atoms with E-state index in [1.165, 1.54) is 24.0 Å². The first-order valence-electron chi connectivity index (χ1n) is 6.80. The molecule has 18 heavy (non-hydrogen) atoms. The Bertz CT molecular complexity index is 553. The third-order valence-corrected chi connectivity index (χ3v) is 3.73. The number of oxazole rings is 1. The van der Waals surface area contributed by atoms with Crippen LogP contribution in [0, 0.1) is 19.8 Å². The molecule has 0 saturated carbocycles. The number of piperidine rings is 1. The first-order chi connectivity index (χ1) is 8.72. The molecule has 1 N–H and O–H groups in total. The van der Waals surface area contributed by atoms with Crippen molar-refractivity contribution in [3.63, 3.8) is 0 Å². The van der Waals surface area contributed by atoms with Crippen molar-refractivity contribution >= 4 is 11.1 Å². The van der Waals surface area contributed by atoms with Gasteiger partial charge in [-0.15, -0.1) is 0 Å². The SMILES string of the molecule is Cc1cc(C)c2oc(CC3CCCNC3)nc2c1. The summed E-state index contributed by atoms with van der Waals surface area (Å²) < 4.78 is 5.92. The highest BCUT2D eigenvalue weighted by atomic mass is 16.3. The first-order valence-corrected chi connectivity index (χ1v) is 6.80. The number of benzene rings is 1. The predicted molar refractivity (Wildman–Crippen MR) is 72.8 cm³/mol. The van der Waals surface area contributed by atoms with Crippen LogP contribution in [0.1, 0.15) is 29.9 Å². The lowest BCUT2D eigenvalue weighted by molar-refractivity contribution is 0.349. The molecule has 1 unspecified atom stereocenters. The fraction of sp³-hybridized carbons (Fsp3) is 0.533. The second-order valence-electron chi connectivity index (χ2n) is 5.45. The van der Waals surface area contributed by atoms with Crippen LogP contribution in [0.25, 0.3) is 11.1 Å². The molecule has 0 radical (unpaired) electrons. The number of nitrogens with zero attached hydrogens (tertiary/aromatic N) is 1. The Morgan fingerprint density at radius 3 is 3.06 bits per heavy atom. The van der Waals surface area contributed by atoms with E-state index in [4.69, 9.17) is 4.42 Å². The van der Waals surface area contributed by atoms with E-state index in [-0.39, 0.29) is 0 Å². The van der Waals surface area contributed by atoms with Gasteiger partial charge in [0.05, 0.1) is 0 Å². The van der Waals surface area contributed by atoms with E-state index in [0.29, 0.717) is 5.92 Å². The Balaban J connectivity index is 1.86. The van der Waals surface area contributed by atoms with Crippen molar-refractivity contribution in [3.05, 3.63) is 29.2 Å². The van der Waals surface area contributed by atoms with Crippen molar-refractivity contribution in [2.45, 2.75) is 33.1 Å². The summed E-state index contributed by atoms with van der Waals surface area (Å²) in [5.74, 6) is 1.57. The molecule has 3 nitrogen and oxygen atoms in total. The molecule has 1 saturated heterocycles. The van der Waals surface area contributed by atoms with E-state index in [9.17, 15) is 0 Å². The molecule has 1 aliphatic rings. The number of nitrogens with one attached hydrogen (secondary N) is 1. The number of fused-ring (bicyclic) bond motifs is 1. The Morgan fingerprint density at radius 1 is 1.39 bits per heavy atom. The van der Waals surface area contributed by atoms with Gasteiger partial charge in [-0.05, 0) is 62.9 Å². The van der Waals surface area contributed by atoms with Gasteiger partial charge in [0, 0.05) is 6.42 Å². The van der Waals surface area contributed by atoms with Crippen LogP contribution in [0.15, 0.2) is 16.5 Å². The minimum absolute atomic E-state index is 0.674. The first kappa shape index (κ1) is 11.7. The van der Waals surface area contributed by atoms with Crippen molar-refractivity contribution in [1.82, 2.24) is 10.3 Å². The lowest BCUT2D eigenvalue weighted by Gasteiger charge is -2.21. The highest BCUT2D eigenvalue weighted by molar-refractivity contribution is 5.77. The number of aromatic nitrogens is 1. The zero-order valence-corrected chi connectivity index (χ0v) is 11.1. The molecule has 1 fully saturated rings. The monoisotopic (exact) mass is 244 g/mol. The van der Waals surface area contributed by atoms with E-state index < -0.39 is 0 Å². The van der Waals surface area contributed by atoms with Gasteiger partial charge in [0.1, 0.15) is 5.52 Å². The molecule has 1 aliphatic heterocycles. The van der Waals surface area contributed by atoms with Crippen LogP contribution >= 0.6 is 0 Å². The van der Waals surface area contributed by atoms with Gasteiger partial charge < -0.3 is 9.73 Å². The number of hydrogen-bond donors (Lipinski definition) is 1. The van der Waals surface area contributed by atoms with Crippen LogP contribution in [0.2, 0.25) is 0 Å². The summed E-state index contributed by atoms with van der Waals surface area (Å²) in [5, 5.41) is 3.44. The summed E-state index contributed by atoms with van der Waals surface area (Å²) in [4.78, 5) is 4.63. The normalized spacial score (nSPS) is 20.4. The van der Waals surface area contributed by atoms with Gasteiger partial charge in [0.25, 0.3) is 0 Å². The molecule has 0 spiro atoms. The van der Waals surface area contributed by atoms with Gasteiger partial charge in [0.15, 0.2) is 11.5 Å². The molecule has 2 aromatic rings. The van der Waals surface area contributed by atoms with Crippen LogP contribution in [-0.2, 0) is 6.42 Å². The molecule has 1 aromatic carbocycles. The number of hydrogen-bond acceptors (Lipinski definition) is 3. The highest BCUT2D eigenvalue weighted by Crippen LogP contribution is 2.24. The molecule has 1 atom stereocenters. The Labute approximate surface area is 108 Å². The third-order valence-electron chi connectivity index (χ3n) is 3.73. The molecular formula is C15H20N2O. The highest BCUT2D eigenvalue weighted by Gasteiger charge is 2.17. The van der Waals surface area contributed by atoms with Crippen molar-refractivity contribution in [2.75, 3.05) is 13.1 Å². The zero-order valence-electron chi connectivity index (χ0n) is 11.1. The van der Waals surface area contributed by atoms with E-state index >= 15 is 0 Å². The average molecular weight is 244 g/mol. The third kappa shape index (κ3) is 2.27. The number of aryl methyl sites for hydroxylation is 2. The number of rotatable bonds is 2. The quantitative estimate of drug-likeness (QED) is 0.882. The molecule has 96 valence electrons. The second-order valence-corrected chi connectivity index (χ2v) is 5.45. The Morgan fingerprint density at radius 2 is 2.28 bits per heavy atom. The van der Waals surface area contributed by atoms with Crippen LogP contribution in [0.5, 0.6) is 0 Å². The van der Waals surface area contributed by atoms with Crippen LogP contribution in [-0.4, -0.2) is 18.1 Å². The van der Waals surface area contributed by atoms with Gasteiger partial charge in [-0.25, -0.2) is 4.98 Å². The largest absolute Gasteiger partial charge is 0.440 e. The fourth-order valence-electron chi connectivity index (χ4n) is 2.86. The van der Waals surface area contributed by atoms with E-state index in [1.54, 1.807) is 0 Å².